The number of aliphatic hydroxyl groups is 1. The zero-order valence-corrected chi connectivity index (χ0v) is 26.5. The first kappa shape index (κ1) is 33.9. The highest BCUT2D eigenvalue weighted by molar-refractivity contribution is 5.89. The second-order valence-electron chi connectivity index (χ2n) is 10.7. The van der Waals surface area contributed by atoms with Gasteiger partial charge in [0.25, 0.3) is 5.56 Å². The van der Waals surface area contributed by atoms with Crippen LogP contribution < -0.4 is 20.7 Å². The summed E-state index contributed by atoms with van der Waals surface area (Å²) < 4.78 is 30.5. The molecule has 11 nitrogen and oxygen atoms in total. The average molecular weight is 653 g/mol. The van der Waals surface area contributed by atoms with E-state index in [2.05, 4.69) is 4.98 Å². The average Bonchev–Trinajstić information content (AvgIpc) is 3.14. The topological polar surface area (TPSA) is 138 Å². The van der Waals surface area contributed by atoms with Gasteiger partial charge in [-0.1, -0.05) is 72.8 Å². The molecule has 0 saturated carbocycles. The highest BCUT2D eigenvalue weighted by Crippen LogP contribution is 2.42. The monoisotopic (exact) mass is 652 g/mol. The number of benzene rings is 4. The van der Waals surface area contributed by atoms with Crippen LogP contribution in [0.15, 0.2) is 131 Å². The third-order valence-corrected chi connectivity index (χ3v) is 7.74. The fraction of sp³-hybridized carbons (Fsp3) is 0.216. The number of nitrogens with zero attached hydrogens (tertiary/aromatic N) is 1. The molecule has 5 rings (SSSR count). The Kier molecular flexibility index (Phi) is 11.2. The quantitative estimate of drug-likeness (QED) is 0.125. The van der Waals surface area contributed by atoms with Crippen molar-refractivity contribution in [2.24, 2.45) is 0 Å². The van der Waals surface area contributed by atoms with Crippen molar-refractivity contribution in [1.82, 2.24) is 9.55 Å². The van der Waals surface area contributed by atoms with Crippen LogP contribution in [-0.4, -0.2) is 60.8 Å². The van der Waals surface area contributed by atoms with Crippen LogP contribution in [-0.2, 0) is 19.8 Å². The molecule has 0 aliphatic rings. The SMILES string of the molecule is COc1ccc(C(OC[C@H](CO)O[C@H](COC(=O)c2ccccc2)n2ccc(=O)[nH]c2=O)(c2ccccc2)c2ccc(OC)cc2)cc1. The van der Waals surface area contributed by atoms with E-state index in [-0.39, 0.29) is 6.61 Å². The molecule has 0 aliphatic carbocycles. The summed E-state index contributed by atoms with van der Waals surface area (Å²) in [6, 6.07) is 34.0. The number of carbonyl (C=O) groups is 1. The van der Waals surface area contributed by atoms with Gasteiger partial charge in [0, 0.05) is 12.3 Å². The van der Waals surface area contributed by atoms with Crippen LogP contribution in [0.25, 0.3) is 0 Å². The molecule has 248 valence electrons. The maximum Gasteiger partial charge on any atom is 0.338 e. The number of hydrogen-bond acceptors (Lipinski definition) is 9. The van der Waals surface area contributed by atoms with Gasteiger partial charge in [-0.05, 0) is 53.1 Å². The van der Waals surface area contributed by atoms with Crippen molar-refractivity contribution >= 4 is 5.97 Å². The number of nitrogens with one attached hydrogen (secondary N) is 1. The fourth-order valence-electron chi connectivity index (χ4n) is 5.29. The van der Waals surface area contributed by atoms with Crippen molar-refractivity contribution in [2.75, 3.05) is 34.0 Å². The predicted octanol–water partition coefficient (Wildman–Crippen LogP) is 4.30. The second-order valence-corrected chi connectivity index (χ2v) is 10.7. The number of carbonyl (C=O) groups excluding carboxylic acids is 1. The van der Waals surface area contributed by atoms with Gasteiger partial charge in [-0.3, -0.25) is 14.3 Å². The third-order valence-electron chi connectivity index (χ3n) is 7.74. The fourth-order valence-corrected chi connectivity index (χ4v) is 5.29. The summed E-state index contributed by atoms with van der Waals surface area (Å²) in [7, 11) is 3.17. The summed E-state index contributed by atoms with van der Waals surface area (Å²) in [5.41, 5.74) is 0.0331. The summed E-state index contributed by atoms with van der Waals surface area (Å²) in [5, 5.41) is 10.5. The molecule has 1 aromatic heterocycles. The molecular weight excluding hydrogens is 616 g/mol. The van der Waals surface area contributed by atoms with Crippen molar-refractivity contribution in [1.29, 1.82) is 0 Å². The Morgan fingerprint density at radius 1 is 0.750 bits per heavy atom. The van der Waals surface area contributed by atoms with Gasteiger partial charge < -0.3 is 28.8 Å². The number of methoxy groups -OCH3 is 2. The van der Waals surface area contributed by atoms with Crippen LogP contribution in [0.4, 0.5) is 0 Å². The number of ether oxygens (including phenoxy) is 5. The molecule has 4 aromatic carbocycles. The van der Waals surface area contributed by atoms with Crippen LogP contribution in [0.5, 0.6) is 11.5 Å². The predicted molar refractivity (Wildman–Crippen MR) is 177 cm³/mol. The zero-order valence-electron chi connectivity index (χ0n) is 26.5. The van der Waals surface area contributed by atoms with Crippen LogP contribution in [0.2, 0.25) is 0 Å². The molecule has 0 bridgehead atoms. The maximum atomic E-state index is 12.8. The standard InChI is InChI=1S/C37H36N2O9/c1-44-30-17-13-28(14-18-30)37(27-11-7-4-8-12-27,29-15-19-31(45-2)20-16-29)47-24-32(23-40)48-34(39-22-21-33(41)38-36(39)43)25-46-35(42)26-9-5-3-6-10-26/h3-22,32,34,40H,23-25H2,1-2H3,(H,38,41,43)/t32-,34+/m0/s1. The first-order valence-electron chi connectivity index (χ1n) is 15.2. The molecule has 1 heterocycles. The molecular formula is C37H36N2O9. The summed E-state index contributed by atoms with van der Waals surface area (Å²) in [5.74, 6) is 0.679. The minimum Gasteiger partial charge on any atom is -0.497 e. The van der Waals surface area contributed by atoms with Crippen molar-refractivity contribution in [2.45, 2.75) is 17.9 Å². The molecule has 0 fully saturated rings. The summed E-state index contributed by atoms with van der Waals surface area (Å²) in [6.45, 7) is -1.10. The lowest BCUT2D eigenvalue weighted by molar-refractivity contribution is -0.140. The normalized spacial score (nSPS) is 12.6. The Bertz CT molecular complexity index is 1830. The Morgan fingerprint density at radius 3 is 1.81 bits per heavy atom. The number of aromatic amines is 1. The molecule has 2 N–H and O–H groups in total. The second kappa shape index (κ2) is 15.9. The van der Waals surface area contributed by atoms with Crippen LogP contribution >= 0.6 is 0 Å². The van der Waals surface area contributed by atoms with Gasteiger partial charge in [-0.25, -0.2) is 9.59 Å². The molecule has 0 radical (unpaired) electrons. The smallest absolute Gasteiger partial charge is 0.338 e. The van der Waals surface area contributed by atoms with Gasteiger partial charge in [0.05, 0.1) is 33.0 Å². The first-order valence-corrected chi connectivity index (χ1v) is 15.2. The lowest BCUT2D eigenvalue weighted by Gasteiger charge is -2.37. The van der Waals surface area contributed by atoms with Gasteiger partial charge in [0.1, 0.15) is 29.8 Å². The molecule has 5 aromatic rings. The van der Waals surface area contributed by atoms with Gasteiger partial charge in [-0.2, -0.15) is 0 Å². The van der Waals surface area contributed by atoms with E-state index in [0.29, 0.717) is 17.1 Å². The van der Waals surface area contributed by atoms with Crippen LogP contribution in [0, 0.1) is 0 Å². The van der Waals surface area contributed by atoms with E-state index < -0.39 is 48.4 Å². The van der Waals surface area contributed by atoms with Gasteiger partial charge in [-0.15, -0.1) is 0 Å². The minimum atomic E-state index is -1.23. The van der Waals surface area contributed by atoms with Gasteiger partial charge in [0.2, 0.25) is 0 Å². The molecule has 0 saturated heterocycles. The van der Waals surface area contributed by atoms with Gasteiger partial charge in [0.15, 0.2) is 6.23 Å². The van der Waals surface area contributed by atoms with Crippen molar-refractivity contribution in [3.05, 3.63) is 165 Å². The lowest BCUT2D eigenvalue weighted by atomic mass is 9.80. The third kappa shape index (κ3) is 7.72. The number of hydrogen-bond donors (Lipinski definition) is 2. The van der Waals surface area contributed by atoms with Crippen LogP contribution in [0.3, 0.4) is 0 Å². The largest absolute Gasteiger partial charge is 0.497 e. The Morgan fingerprint density at radius 2 is 1.29 bits per heavy atom. The summed E-state index contributed by atoms with van der Waals surface area (Å²) in [4.78, 5) is 39.6. The number of aromatic nitrogens is 2. The van der Waals surface area contributed by atoms with Crippen molar-refractivity contribution in [3.8, 4) is 11.5 Å². The van der Waals surface area contributed by atoms with Crippen LogP contribution in [0.1, 0.15) is 33.3 Å². The molecule has 0 amide bonds. The highest BCUT2D eigenvalue weighted by atomic mass is 16.6. The number of rotatable bonds is 15. The van der Waals surface area contributed by atoms with E-state index in [4.69, 9.17) is 23.7 Å². The van der Waals surface area contributed by atoms with E-state index in [1.165, 1.54) is 6.20 Å². The summed E-state index contributed by atoms with van der Waals surface area (Å²) in [6.07, 6.45) is -1.01. The van der Waals surface area contributed by atoms with E-state index in [1.807, 2.05) is 78.9 Å². The molecule has 0 spiro atoms. The lowest BCUT2D eigenvalue weighted by Crippen LogP contribution is -2.40. The molecule has 0 aliphatic heterocycles. The zero-order chi connectivity index (χ0) is 33.9. The minimum absolute atomic E-state index is 0.176. The Hall–Kier alpha value is -5.49. The van der Waals surface area contributed by atoms with E-state index in [1.54, 1.807) is 44.6 Å². The number of H-pyrrole nitrogens is 1. The van der Waals surface area contributed by atoms with E-state index >= 15 is 0 Å². The highest BCUT2D eigenvalue weighted by Gasteiger charge is 2.39. The number of aliphatic hydroxyl groups excluding tert-OH is 1. The molecule has 0 unspecified atom stereocenters. The number of esters is 1. The maximum absolute atomic E-state index is 12.8. The van der Waals surface area contributed by atoms with Crippen molar-refractivity contribution < 1.29 is 33.6 Å². The first-order chi connectivity index (χ1) is 23.4. The Balaban J connectivity index is 1.50. The van der Waals surface area contributed by atoms with E-state index in [0.717, 1.165) is 27.3 Å². The van der Waals surface area contributed by atoms with Gasteiger partial charge >= 0.3 is 11.7 Å². The summed E-state index contributed by atoms with van der Waals surface area (Å²) >= 11 is 0. The van der Waals surface area contributed by atoms with E-state index in [9.17, 15) is 19.5 Å². The molecule has 48 heavy (non-hydrogen) atoms. The molecule has 11 heteroatoms. The van der Waals surface area contributed by atoms with Crippen molar-refractivity contribution in [3.63, 3.8) is 0 Å². The Labute approximate surface area is 276 Å². The molecule has 2 atom stereocenters.